The van der Waals surface area contributed by atoms with E-state index in [-0.39, 0.29) is 60.3 Å². The Morgan fingerprint density at radius 3 is 2.07 bits per heavy atom. The highest BCUT2D eigenvalue weighted by Gasteiger charge is 2.44. The van der Waals surface area contributed by atoms with Gasteiger partial charge in [-0.25, -0.2) is 0 Å². The number of benzene rings is 2. The quantitative estimate of drug-likeness (QED) is 0.367. The van der Waals surface area contributed by atoms with Gasteiger partial charge in [-0.05, 0) is 87.0 Å². The molecule has 0 bridgehead atoms. The summed E-state index contributed by atoms with van der Waals surface area (Å²) >= 11 is 0. The molecule has 5 nitrogen and oxygen atoms in total. The first-order chi connectivity index (χ1) is 19.8. The Morgan fingerprint density at radius 2 is 1.51 bits per heavy atom. The number of hydrogen-bond acceptors (Lipinski definition) is 3. The van der Waals surface area contributed by atoms with Crippen LogP contribution in [-0.4, -0.2) is 53.8 Å². The normalized spacial score (nSPS) is 21.7. The molecular weight excluding hydrogens is 596 g/mol. The van der Waals surface area contributed by atoms with Crippen molar-refractivity contribution < 1.29 is 35.9 Å². The largest absolute Gasteiger partial charge is 0.416 e. The van der Waals surface area contributed by atoms with E-state index < -0.39 is 29.4 Å². The van der Waals surface area contributed by atoms with Crippen LogP contribution in [0.25, 0.3) is 0 Å². The summed E-state index contributed by atoms with van der Waals surface area (Å²) < 4.78 is 81.1. The number of alkyl halides is 6. The highest BCUT2D eigenvalue weighted by Crippen LogP contribution is 2.41. The maximum absolute atomic E-state index is 14.2. The van der Waals surface area contributed by atoms with Gasteiger partial charge >= 0.3 is 12.4 Å². The van der Waals surface area contributed by atoms with Crippen molar-refractivity contribution in [1.82, 2.24) is 15.1 Å². The van der Waals surface area contributed by atoms with Crippen LogP contribution in [0.1, 0.15) is 65.8 Å². The van der Waals surface area contributed by atoms with Gasteiger partial charge in [0.2, 0.25) is 11.8 Å². The lowest BCUT2D eigenvalue weighted by molar-refractivity contribution is -0.145. The predicted octanol–water partition coefficient (Wildman–Crippen LogP) is 6.58. The number of nitrogens with one attached hydrogen (secondary N) is 1. The summed E-state index contributed by atoms with van der Waals surface area (Å²) in [5, 5.41) is 3.26. The van der Waals surface area contributed by atoms with Crippen molar-refractivity contribution in [2.45, 2.75) is 69.9 Å². The Kier molecular flexibility index (Phi) is 10.1. The van der Waals surface area contributed by atoms with Crippen LogP contribution in [0, 0.1) is 18.8 Å². The summed E-state index contributed by atoms with van der Waals surface area (Å²) in [6, 6.07) is 8.90. The minimum absolute atomic E-state index is 0. The van der Waals surface area contributed by atoms with E-state index in [1.54, 1.807) is 0 Å². The zero-order chi connectivity index (χ0) is 30.2. The number of likely N-dealkylation sites (tertiary alicyclic amines) is 1. The summed E-state index contributed by atoms with van der Waals surface area (Å²) in [6.07, 6.45) is -6.79. The molecule has 43 heavy (non-hydrogen) atoms. The SMILES string of the molecule is Cc1ccccc1C1CN(C(=O)C2CCNCC2)CCC1C(=O)N(Cc1cc(C(F)(F)F)cc(C(F)(F)F)c1)C1CC1.Cl. The third kappa shape index (κ3) is 7.66. The van der Waals surface area contributed by atoms with Crippen LogP contribution >= 0.6 is 12.4 Å². The lowest BCUT2D eigenvalue weighted by Gasteiger charge is -2.42. The molecule has 2 amide bonds. The summed E-state index contributed by atoms with van der Waals surface area (Å²) in [5.41, 5.74) is -1.10. The van der Waals surface area contributed by atoms with E-state index in [1.807, 2.05) is 36.1 Å². The number of carbonyl (C=O) groups is 2. The van der Waals surface area contributed by atoms with Gasteiger partial charge < -0.3 is 15.1 Å². The highest BCUT2D eigenvalue weighted by atomic mass is 35.5. The molecule has 0 radical (unpaired) electrons. The smallest absolute Gasteiger partial charge is 0.342 e. The van der Waals surface area contributed by atoms with Gasteiger partial charge in [0.15, 0.2) is 0 Å². The minimum atomic E-state index is -4.96. The van der Waals surface area contributed by atoms with Gasteiger partial charge in [0.1, 0.15) is 0 Å². The Balaban J connectivity index is 0.00000423. The standard InChI is InChI=1S/C31H35F6N3O2.ClH/c1-19-4-2-3-5-25(19)27-18-39(28(41)21-8-11-38-12-9-21)13-10-26(27)29(42)40(24-6-7-24)17-20-14-22(30(32,33)34)16-23(15-20)31(35,36)37;/h2-5,14-16,21,24,26-27,38H,6-13,17-18H2,1H3;1H. The van der Waals surface area contributed by atoms with Gasteiger partial charge in [-0.15, -0.1) is 12.4 Å². The van der Waals surface area contributed by atoms with Gasteiger partial charge in [-0.1, -0.05) is 24.3 Å². The van der Waals surface area contributed by atoms with Crippen LogP contribution < -0.4 is 5.32 Å². The van der Waals surface area contributed by atoms with Crippen molar-refractivity contribution in [3.8, 4) is 0 Å². The molecule has 12 heteroatoms. The van der Waals surface area contributed by atoms with E-state index in [4.69, 9.17) is 0 Å². The Labute approximate surface area is 253 Å². The van der Waals surface area contributed by atoms with Crippen LogP contribution in [0.3, 0.4) is 0 Å². The fourth-order valence-corrected chi connectivity index (χ4v) is 6.39. The fraction of sp³-hybridized carbons (Fsp3) is 0.548. The molecule has 5 rings (SSSR count). The molecule has 2 saturated heterocycles. The average molecular weight is 632 g/mol. The molecule has 1 aliphatic carbocycles. The molecular formula is C31H36ClF6N3O2. The van der Waals surface area contributed by atoms with Crippen molar-refractivity contribution in [3.63, 3.8) is 0 Å². The monoisotopic (exact) mass is 631 g/mol. The molecule has 2 heterocycles. The molecule has 2 aromatic rings. The van der Waals surface area contributed by atoms with Gasteiger partial charge in [0, 0.05) is 43.4 Å². The molecule has 2 unspecified atom stereocenters. The first-order valence-corrected chi connectivity index (χ1v) is 14.5. The molecule has 3 aliphatic rings. The first-order valence-electron chi connectivity index (χ1n) is 14.5. The summed E-state index contributed by atoms with van der Waals surface area (Å²) in [7, 11) is 0. The van der Waals surface area contributed by atoms with Crippen LogP contribution in [-0.2, 0) is 28.5 Å². The number of rotatable bonds is 6. The van der Waals surface area contributed by atoms with Gasteiger partial charge in [0.25, 0.3) is 0 Å². The molecule has 0 aromatic heterocycles. The Bertz CT molecular complexity index is 1270. The Morgan fingerprint density at radius 1 is 0.907 bits per heavy atom. The lowest BCUT2D eigenvalue weighted by Crippen LogP contribution is -2.51. The van der Waals surface area contributed by atoms with E-state index in [2.05, 4.69) is 5.32 Å². The zero-order valence-electron chi connectivity index (χ0n) is 23.8. The molecule has 3 fully saturated rings. The summed E-state index contributed by atoms with van der Waals surface area (Å²) in [6.45, 7) is 3.85. The highest BCUT2D eigenvalue weighted by molar-refractivity contribution is 5.85. The lowest BCUT2D eigenvalue weighted by atomic mass is 9.77. The topological polar surface area (TPSA) is 52.7 Å². The third-order valence-electron chi connectivity index (χ3n) is 8.79. The van der Waals surface area contributed by atoms with Crippen molar-refractivity contribution in [2.75, 3.05) is 26.2 Å². The molecule has 236 valence electrons. The van der Waals surface area contributed by atoms with Gasteiger partial charge in [0.05, 0.1) is 11.1 Å². The predicted molar refractivity (Wildman–Crippen MR) is 151 cm³/mol. The molecule has 2 aliphatic heterocycles. The second kappa shape index (κ2) is 13.1. The molecule has 1 saturated carbocycles. The van der Waals surface area contributed by atoms with Crippen LogP contribution in [0.15, 0.2) is 42.5 Å². The van der Waals surface area contributed by atoms with Crippen LogP contribution in [0.4, 0.5) is 26.3 Å². The summed E-state index contributed by atoms with van der Waals surface area (Å²) in [5.74, 6) is -1.19. The number of hydrogen-bond donors (Lipinski definition) is 1. The third-order valence-corrected chi connectivity index (χ3v) is 8.79. The zero-order valence-corrected chi connectivity index (χ0v) is 24.6. The van der Waals surface area contributed by atoms with E-state index >= 15 is 0 Å². The first kappa shape index (κ1) is 33.1. The van der Waals surface area contributed by atoms with Gasteiger partial charge in [-0.2, -0.15) is 26.3 Å². The van der Waals surface area contributed by atoms with Crippen molar-refractivity contribution in [3.05, 3.63) is 70.3 Å². The summed E-state index contributed by atoms with van der Waals surface area (Å²) in [4.78, 5) is 30.9. The van der Waals surface area contributed by atoms with E-state index in [1.165, 1.54) is 4.90 Å². The minimum Gasteiger partial charge on any atom is -0.342 e. The average Bonchev–Trinajstić information content (AvgIpc) is 3.80. The van der Waals surface area contributed by atoms with E-state index in [0.717, 1.165) is 37.1 Å². The van der Waals surface area contributed by atoms with Crippen LogP contribution in [0.5, 0.6) is 0 Å². The van der Waals surface area contributed by atoms with Gasteiger partial charge in [-0.3, -0.25) is 9.59 Å². The number of carbonyl (C=O) groups excluding carboxylic acids is 2. The van der Waals surface area contributed by atoms with Crippen molar-refractivity contribution in [2.24, 2.45) is 11.8 Å². The van der Waals surface area contributed by atoms with E-state index in [9.17, 15) is 35.9 Å². The number of halogens is 7. The number of piperidine rings is 2. The van der Waals surface area contributed by atoms with Crippen molar-refractivity contribution >= 4 is 24.2 Å². The molecule has 2 aromatic carbocycles. The van der Waals surface area contributed by atoms with E-state index in [0.29, 0.717) is 44.5 Å². The molecule has 1 N–H and O–H groups in total. The second-order valence-corrected chi connectivity index (χ2v) is 11.8. The maximum atomic E-state index is 14.2. The number of aryl methyl sites for hydroxylation is 1. The number of nitrogens with zero attached hydrogens (tertiary/aromatic N) is 2. The van der Waals surface area contributed by atoms with Crippen molar-refractivity contribution in [1.29, 1.82) is 0 Å². The Hall–Kier alpha value is -2.79. The fourth-order valence-electron chi connectivity index (χ4n) is 6.39. The molecule has 2 atom stereocenters. The maximum Gasteiger partial charge on any atom is 0.416 e. The van der Waals surface area contributed by atoms with Crippen LogP contribution in [0.2, 0.25) is 0 Å². The molecule has 0 spiro atoms. The number of amides is 2. The second-order valence-electron chi connectivity index (χ2n) is 11.8.